The van der Waals surface area contributed by atoms with Crippen molar-refractivity contribution in [3.8, 4) is 17.2 Å². The summed E-state index contributed by atoms with van der Waals surface area (Å²) in [6.45, 7) is 0. The fraction of sp³-hybridized carbons (Fsp3) is 0.0667. The van der Waals surface area contributed by atoms with E-state index in [0.717, 1.165) is 0 Å². The molecule has 1 heterocycles. The number of anilines is 1. The number of carbonyl (C=O) groups excluding carboxylic acids is 1. The number of para-hydroxylation sites is 2. The summed E-state index contributed by atoms with van der Waals surface area (Å²) >= 11 is 16.5. The summed E-state index contributed by atoms with van der Waals surface area (Å²) in [5.74, 6) is -0.645. The Hall–Kier alpha value is -1.95. The van der Waals surface area contributed by atoms with Gasteiger partial charge in [0.25, 0.3) is 9.70 Å². The molecular formula is C15H9Cl3N2O3. The van der Waals surface area contributed by atoms with Crippen LogP contribution in [-0.2, 0) is 4.79 Å². The van der Waals surface area contributed by atoms with Gasteiger partial charge in [0.15, 0.2) is 5.58 Å². The third kappa shape index (κ3) is 3.37. The minimum atomic E-state index is -2.09. The number of fused-ring (bicyclic) bond motifs is 1. The number of hydrogen-bond acceptors (Lipinski definition) is 4. The molecule has 0 aliphatic rings. The molecule has 0 fully saturated rings. The summed E-state index contributed by atoms with van der Waals surface area (Å²) in [5, 5.41) is 12.5. The van der Waals surface area contributed by atoms with E-state index in [-0.39, 0.29) is 11.6 Å². The molecule has 0 aliphatic heterocycles. The van der Waals surface area contributed by atoms with Gasteiger partial charge >= 0.3 is 0 Å². The maximum atomic E-state index is 11.7. The van der Waals surface area contributed by atoms with Crippen molar-refractivity contribution in [1.29, 1.82) is 0 Å². The van der Waals surface area contributed by atoms with E-state index in [9.17, 15) is 9.90 Å². The van der Waals surface area contributed by atoms with Crippen LogP contribution in [0, 0.1) is 0 Å². The molecule has 8 heteroatoms. The largest absolute Gasteiger partial charge is 0.507 e. The zero-order valence-electron chi connectivity index (χ0n) is 11.4. The number of amides is 1. The SMILES string of the molecule is O=C(Nc1ccc(O)c(-c2nc3ccccc3o2)c1)C(Cl)(Cl)Cl. The van der Waals surface area contributed by atoms with E-state index < -0.39 is 9.70 Å². The van der Waals surface area contributed by atoms with E-state index in [4.69, 9.17) is 39.2 Å². The van der Waals surface area contributed by atoms with Crippen molar-refractivity contribution in [2.75, 3.05) is 5.32 Å². The summed E-state index contributed by atoms with van der Waals surface area (Å²) in [5.41, 5.74) is 1.87. The molecule has 2 N–H and O–H groups in total. The number of phenolic OH excluding ortho intramolecular Hbond substituents is 1. The zero-order chi connectivity index (χ0) is 16.6. The number of oxazole rings is 1. The third-order valence-electron chi connectivity index (χ3n) is 3.04. The van der Waals surface area contributed by atoms with Crippen molar-refractivity contribution >= 4 is 57.5 Å². The molecule has 3 rings (SSSR count). The minimum absolute atomic E-state index is 0.0524. The molecule has 0 saturated heterocycles. The highest BCUT2D eigenvalue weighted by atomic mass is 35.6. The lowest BCUT2D eigenvalue weighted by atomic mass is 10.1. The Morgan fingerprint density at radius 3 is 2.61 bits per heavy atom. The highest BCUT2D eigenvalue weighted by molar-refractivity contribution is 6.76. The van der Waals surface area contributed by atoms with Gasteiger partial charge in [0.2, 0.25) is 5.89 Å². The second-order valence-corrected chi connectivity index (χ2v) is 6.95. The Labute approximate surface area is 145 Å². The van der Waals surface area contributed by atoms with Gasteiger partial charge in [0.1, 0.15) is 11.3 Å². The molecular weight excluding hydrogens is 363 g/mol. The van der Waals surface area contributed by atoms with Crippen LogP contribution >= 0.6 is 34.8 Å². The summed E-state index contributed by atoms with van der Waals surface area (Å²) in [4.78, 5) is 16.0. The van der Waals surface area contributed by atoms with Gasteiger partial charge in [-0.15, -0.1) is 0 Å². The molecule has 3 aromatic rings. The highest BCUT2D eigenvalue weighted by Crippen LogP contribution is 2.34. The van der Waals surface area contributed by atoms with Crippen LogP contribution in [0.4, 0.5) is 5.69 Å². The molecule has 2 aromatic carbocycles. The number of alkyl halides is 3. The van der Waals surface area contributed by atoms with Gasteiger partial charge in [-0.05, 0) is 30.3 Å². The fourth-order valence-corrected chi connectivity index (χ4v) is 2.12. The summed E-state index contributed by atoms with van der Waals surface area (Å²) in [6, 6.07) is 11.5. The molecule has 0 saturated carbocycles. The number of aromatic hydroxyl groups is 1. The van der Waals surface area contributed by atoms with Gasteiger partial charge in [0.05, 0.1) is 5.56 Å². The van der Waals surface area contributed by atoms with Gasteiger partial charge in [-0.25, -0.2) is 4.98 Å². The van der Waals surface area contributed by atoms with Crippen LogP contribution < -0.4 is 5.32 Å². The van der Waals surface area contributed by atoms with Crippen molar-refractivity contribution in [2.24, 2.45) is 0 Å². The predicted molar refractivity (Wildman–Crippen MR) is 90.0 cm³/mol. The van der Waals surface area contributed by atoms with Crippen LogP contribution in [0.2, 0.25) is 0 Å². The van der Waals surface area contributed by atoms with E-state index in [1.165, 1.54) is 18.2 Å². The van der Waals surface area contributed by atoms with E-state index in [1.54, 1.807) is 12.1 Å². The van der Waals surface area contributed by atoms with Crippen LogP contribution in [-0.4, -0.2) is 19.8 Å². The molecule has 5 nitrogen and oxygen atoms in total. The third-order valence-corrected chi connectivity index (χ3v) is 3.55. The highest BCUT2D eigenvalue weighted by Gasteiger charge is 2.30. The molecule has 1 amide bonds. The lowest BCUT2D eigenvalue weighted by molar-refractivity contribution is -0.115. The number of nitrogens with one attached hydrogen (secondary N) is 1. The van der Waals surface area contributed by atoms with Crippen molar-refractivity contribution < 1.29 is 14.3 Å². The number of nitrogens with zero attached hydrogens (tertiary/aromatic N) is 1. The predicted octanol–water partition coefficient (Wildman–Crippen LogP) is 4.51. The van der Waals surface area contributed by atoms with Gasteiger partial charge in [-0.3, -0.25) is 4.79 Å². The number of benzene rings is 2. The number of rotatable bonds is 2. The average Bonchev–Trinajstić information content (AvgIpc) is 2.91. The molecule has 0 unspecified atom stereocenters. The zero-order valence-corrected chi connectivity index (χ0v) is 13.7. The van der Waals surface area contributed by atoms with E-state index in [0.29, 0.717) is 22.4 Å². The monoisotopic (exact) mass is 370 g/mol. The lowest BCUT2D eigenvalue weighted by Gasteiger charge is -2.12. The number of hydrogen-bond donors (Lipinski definition) is 2. The quantitative estimate of drug-likeness (QED) is 0.513. The Balaban J connectivity index is 1.99. The Morgan fingerprint density at radius 2 is 1.91 bits per heavy atom. The number of halogens is 3. The van der Waals surface area contributed by atoms with Crippen molar-refractivity contribution in [2.45, 2.75) is 3.79 Å². The molecule has 0 spiro atoms. The number of phenols is 1. The number of carbonyl (C=O) groups is 1. The van der Waals surface area contributed by atoms with Crippen LogP contribution in [0.1, 0.15) is 0 Å². The first-order valence-corrected chi connectivity index (χ1v) is 7.55. The van der Waals surface area contributed by atoms with Crippen molar-refractivity contribution in [3.63, 3.8) is 0 Å². The van der Waals surface area contributed by atoms with E-state index in [1.807, 2.05) is 12.1 Å². The van der Waals surface area contributed by atoms with E-state index >= 15 is 0 Å². The maximum absolute atomic E-state index is 11.7. The Kier molecular flexibility index (Phi) is 4.10. The second-order valence-electron chi connectivity index (χ2n) is 4.67. The molecule has 0 atom stereocenters. The summed E-state index contributed by atoms with van der Waals surface area (Å²) in [6.07, 6.45) is 0. The van der Waals surface area contributed by atoms with E-state index in [2.05, 4.69) is 10.3 Å². The molecule has 23 heavy (non-hydrogen) atoms. The topological polar surface area (TPSA) is 75.4 Å². The van der Waals surface area contributed by atoms with Crippen LogP contribution in [0.15, 0.2) is 46.9 Å². The molecule has 0 radical (unpaired) electrons. The molecule has 0 bridgehead atoms. The summed E-state index contributed by atoms with van der Waals surface area (Å²) in [7, 11) is 0. The molecule has 118 valence electrons. The van der Waals surface area contributed by atoms with Crippen LogP contribution in [0.3, 0.4) is 0 Å². The van der Waals surface area contributed by atoms with Gasteiger partial charge in [0, 0.05) is 5.69 Å². The van der Waals surface area contributed by atoms with Gasteiger partial charge in [-0.1, -0.05) is 46.9 Å². The molecule has 1 aromatic heterocycles. The Morgan fingerprint density at radius 1 is 1.17 bits per heavy atom. The minimum Gasteiger partial charge on any atom is -0.507 e. The van der Waals surface area contributed by atoms with Gasteiger partial charge in [-0.2, -0.15) is 0 Å². The summed E-state index contributed by atoms with van der Waals surface area (Å²) < 4.78 is 3.51. The second kappa shape index (κ2) is 5.92. The first-order chi connectivity index (χ1) is 10.8. The first-order valence-electron chi connectivity index (χ1n) is 6.42. The van der Waals surface area contributed by atoms with Crippen molar-refractivity contribution in [3.05, 3.63) is 42.5 Å². The first kappa shape index (κ1) is 15.9. The van der Waals surface area contributed by atoms with Crippen LogP contribution in [0.25, 0.3) is 22.6 Å². The maximum Gasteiger partial charge on any atom is 0.276 e. The lowest BCUT2D eigenvalue weighted by Crippen LogP contribution is -2.26. The normalized spacial score (nSPS) is 11.6. The number of aromatic nitrogens is 1. The van der Waals surface area contributed by atoms with Gasteiger partial charge < -0.3 is 14.8 Å². The fourth-order valence-electron chi connectivity index (χ4n) is 1.97. The smallest absolute Gasteiger partial charge is 0.276 e. The van der Waals surface area contributed by atoms with Crippen molar-refractivity contribution in [1.82, 2.24) is 4.98 Å². The Bertz CT molecular complexity index is 854. The average molecular weight is 372 g/mol. The standard InChI is InChI=1S/C15H9Cl3N2O3/c16-15(17,18)14(22)19-8-5-6-11(21)9(7-8)13-20-10-3-1-2-4-12(10)23-13/h1-7,21H,(H,19,22). The van der Waals surface area contributed by atoms with Crippen LogP contribution in [0.5, 0.6) is 5.75 Å². The molecule has 0 aliphatic carbocycles.